The molecule has 1 amide bonds. The molecule has 0 spiro atoms. The Hall–Kier alpha value is -0.0775. The van der Waals surface area contributed by atoms with Crippen molar-refractivity contribution in [1.29, 1.82) is 0 Å². The van der Waals surface area contributed by atoms with Crippen molar-refractivity contribution in [2.24, 2.45) is 17.8 Å². The maximum atomic E-state index is 11.8. The minimum absolute atomic E-state index is 0.0595. The summed E-state index contributed by atoms with van der Waals surface area (Å²) in [6.07, 6.45) is 2.07. The van der Waals surface area contributed by atoms with Crippen molar-refractivity contribution >= 4 is 22.5 Å². The van der Waals surface area contributed by atoms with Crippen LogP contribution in [0.1, 0.15) is 19.8 Å². The van der Waals surface area contributed by atoms with Crippen molar-refractivity contribution in [3.63, 3.8) is 0 Å². The molecule has 2 rings (SSSR count). The fourth-order valence-electron chi connectivity index (χ4n) is 2.92. The fourth-order valence-corrected chi connectivity index (χ4v) is 3.25. The molecule has 0 N–H and O–H groups in total. The highest BCUT2D eigenvalue weighted by Gasteiger charge is 2.63. The molecule has 2 saturated carbocycles. The van der Waals surface area contributed by atoms with Crippen LogP contribution in [0.4, 0.5) is 0 Å². The molecule has 4 nitrogen and oxygen atoms in total. The van der Waals surface area contributed by atoms with E-state index in [1.807, 2.05) is 0 Å². The fraction of sp³-hybridized carbons (Fsp3) is 0.900. The number of hydrogen-bond acceptors (Lipinski definition) is 3. The Morgan fingerprint density at radius 1 is 1.47 bits per heavy atom. The van der Waals surface area contributed by atoms with Gasteiger partial charge in [0.15, 0.2) is 0 Å². The summed E-state index contributed by atoms with van der Waals surface area (Å²) < 4.78 is 5.60. The normalized spacial score (nSPS) is 42.5. The second-order valence-corrected chi connectivity index (χ2v) is 5.34. The van der Waals surface area contributed by atoms with Crippen molar-refractivity contribution in [3.05, 3.63) is 0 Å². The summed E-state index contributed by atoms with van der Waals surface area (Å²) in [6.45, 7) is 2.16. The lowest BCUT2D eigenvalue weighted by atomic mass is 9.97. The van der Waals surface area contributed by atoms with Gasteiger partial charge in [0.05, 0.1) is 7.11 Å². The van der Waals surface area contributed by atoms with E-state index in [0.717, 1.165) is 29.5 Å². The first-order valence-electron chi connectivity index (χ1n) is 5.39. The summed E-state index contributed by atoms with van der Waals surface area (Å²) in [5.41, 5.74) is 0.0595. The number of carbonyl (C=O) groups is 1. The number of hydroxylamine groups is 2. The zero-order valence-electron chi connectivity index (χ0n) is 9.82. The zero-order valence-corrected chi connectivity index (χ0v) is 11.8. The summed E-state index contributed by atoms with van der Waals surface area (Å²) >= 11 is 0.785. The van der Waals surface area contributed by atoms with Crippen LogP contribution in [0.15, 0.2) is 0 Å². The van der Waals surface area contributed by atoms with E-state index >= 15 is 0 Å². The Labute approximate surface area is 98.6 Å². The quantitative estimate of drug-likeness (QED) is 0.502. The summed E-state index contributed by atoms with van der Waals surface area (Å²) in [5.74, 6) is 1.39. The molecule has 2 fully saturated rings. The molecule has 0 saturated heterocycles. The molecule has 15 heavy (non-hydrogen) atoms. The first kappa shape index (κ1) is 11.4. The van der Waals surface area contributed by atoms with Crippen molar-refractivity contribution in [1.82, 2.24) is 5.06 Å². The van der Waals surface area contributed by atoms with Gasteiger partial charge in [0.1, 0.15) is 0 Å². The smallest absolute Gasteiger partial charge is 0.410 e. The minimum atomic E-state index is 0.0595. The second-order valence-electron chi connectivity index (χ2n) is 4.93. The van der Waals surface area contributed by atoms with Gasteiger partial charge in [-0.2, -0.15) is 0 Å². The van der Waals surface area contributed by atoms with Gasteiger partial charge in [0.25, 0.3) is 0 Å². The molecule has 0 aromatic carbocycles. The van der Waals surface area contributed by atoms with E-state index in [4.69, 9.17) is 8.63 Å². The molecule has 0 heterocycles. The highest BCUT2D eigenvalue weighted by Crippen LogP contribution is 2.62. The van der Waals surface area contributed by atoms with Gasteiger partial charge >= 0.3 is 16.6 Å². The monoisotopic (exact) mass is 227 g/mol. The number of fused-ring (bicyclic) bond motifs is 1. The third kappa shape index (κ3) is 1.83. The summed E-state index contributed by atoms with van der Waals surface area (Å²) in [7, 11) is 3.21. The van der Waals surface area contributed by atoms with Crippen molar-refractivity contribution in [2.45, 2.75) is 25.4 Å². The Kier molecular flexibility index (Phi) is 2.85. The molecule has 4 atom stereocenters. The average Bonchev–Trinajstić information content (AvgIpc) is 2.75. The maximum absolute atomic E-state index is 11.8. The van der Waals surface area contributed by atoms with E-state index in [1.54, 1.807) is 7.05 Å². The van der Waals surface area contributed by atoms with Gasteiger partial charge in [-0.05, 0) is 31.6 Å². The number of nitrogens with zero attached hydrogens (tertiary/aromatic N) is 1. The van der Waals surface area contributed by atoms with Crippen LogP contribution in [-0.2, 0) is 13.4 Å². The van der Waals surface area contributed by atoms with Crippen molar-refractivity contribution in [2.75, 3.05) is 14.2 Å². The van der Waals surface area contributed by atoms with Gasteiger partial charge in [0.2, 0.25) is 5.91 Å². The lowest BCUT2D eigenvalue weighted by molar-refractivity contribution is -0.171. The number of carbonyl (C=O) groups excluding carboxylic acids is 1. The predicted octanol–water partition coefficient (Wildman–Crippen LogP) is -0.0144. The van der Waals surface area contributed by atoms with Gasteiger partial charge < -0.3 is 3.79 Å². The molecular weight excluding hydrogens is 209 g/mol. The Bertz CT molecular complexity index is 272. The van der Waals surface area contributed by atoms with Crippen LogP contribution in [0, 0.1) is 17.8 Å². The number of rotatable bonds is 3. The Morgan fingerprint density at radius 3 is 2.40 bits per heavy atom. The number of hydrogen-bond donors (Lipinski definition) is 0. The second kappa shape index (κ2) is 3.74. The van der Waals surface area contributed by atoms with E-state index < -0.39 is 0 Å². The third-order valence-electron chi connectivity index (χ3n) is 4.03. The summed E-state index contributed by atoms with van der Waals surface area (Å²) in [5, 5.41) is 1.35. The molecule has 0 aromatic rings. The molecule has 0 bridgehead atoms. The van der Waals surface area contributed by atoms with Crippen LogP contribution < -0.4 is 0 Å². The molecule has 5 heteroatoms. The van der Waals surface area contributed by atoms with Crippen LogP contribution >= 0.6 is 0 Å². The largest absolute Gasteiger partial charge is 0.501 e. The van der Waals surface area contributed by atoms with E-state index in [9.17, 15) is 4.79 Å². The van der Waals surface area contributed by atoms with Gasteiger partial charge in [-0.1, -0.05) is 0 Å². The van der Waals surface area contributed by atoms with Crippen LogP contribution in [0.3, 0.4) is 0 Å². The van der Waals surface area contributed by atoms with E-state index in [1.165, 1.54) is 12.2 Å². The summed E-state index contributed by atoms with van der Waals surface area (Å²) in [6, 6.07) is 0. The molecule has 84 valence electrons. The van der Waals surface area contributed by atoms with Crippen molar-refractivity contribution < 1.29 is 13.4 Å². The molecular formula is C10H18AlNO3. The SMILES string of the molecule is CON(C)C(=O)C1[C@H]2CC(C)([O][AlH2])C[C@@H]12. The predicted molar refractivity (Wildman–Crippen MR) is 57.5 cm³/mol. The number of amides is 1. The highest BCUT2D eigenvalue weighted by molar-refractivity contribution is 5.98. The Morgan fingerprint density at radius 2 is 2.00 bits per heavy atom. The third-order valence-corrected chi connectivity index (χ3v) is 5.01. The lowest BCUT2D eigenvalue weighted by Gasteiger charge is -2.27. The highest BCUT2D eigenvalue weighted by atomic mass is 27.1. The average molecular weight is 227 g/mol. The van der Waals surface area contributed by atoms with E-state index in [0.29, 0.717) is 11.8 Å². The van der Waals surface area contributed by atoms with Crippen LogP contribution in [0.5, 0.6) is 0 Å². The first-order valence-corrected chi connectivity index (χ1v) is 6.21. The molecule has 2 unspecified atom stereocenters. The van der Waals surface area contributed by atoms with Crippen LogP contribution in [0.25, 0.3) is 0 Å². The zero-order chi connectivity index (χ0) is 11.2. The van der Waals surface area contributed by atoms with Gasteiger partial charge in [-0.25, -0.2) is 5.06 Å². The van der Waals surface area contributed by atoms with Gasteiger partial charge in [-0.3, -0.25) is 9.63 Å². The standard InChI is InChI=1S/C10H16NO3.Al.2H/c1-10(13)4-6-7(5-10)8(6)9(12)11(2)14-3;;;/h6-8H,4-5H2,1-3H3;;;/q-1;+1;;/t6-,7+,8?,10?;;;. The van der Waals surface area contributed by atoms with E-state index in [-0.39, 0.29) is 17.4 Å². The summed E-state index contributed by atoms with van der Waals surface area (Å²) in [4.78, 5) is 16.7. The lowest BCUT2D eigenvalue weighted by Crippen LogP contribution is -2.32. The minimum Gasteiger partial charge on any atom is -0.501 e. The van der Waals surface area contributed by atoms with Gasteiger partial charge in [0, 0.05) is 18.6 Å². The Balaban J connectivity index is 1.92. The molecule has 0 aliphatic heterocycles. The molecule has 2 aliphatic rings. The first-order chi connectivity index (χ1) is 7.02. The maximum Gasteiger partial charge on any atom is 0.410 e. The van der Waals surface area contributed by atoms with Crippen molar-refractivity contribution in [3.8, 4) is 0 Å². The molecule has 2 aliphatic carbocycles. The molecule has 0 radical (unpaired) electrons. The topological polar surface area (TPSA) is 38.8 Å². The van der Waals surface area contributed by atoms with Crippen LogP contribution in [0.2, 0.25) is 0 Å². The van der Waals surface area contributed by atoms with Gasteiger partial charge in [-0.15, -0.1) is 0 Å². The molecule has 0 aromatic heterocycles. The van der Waals surface area contributed by atoms with Crippen LogP contribution in [-0.4, -0.2) is 47.4 Å². The van der Waals surface area contributed by atoms with E-state index in [2.05, 4.69) is 6.92 Å².